The Labute approximate surface area is 110 Å². The van der Waals surface area contributed by atoms with Gasteiger partial charge in [-0.05, 0) is 56.7 Å². The molecule has 0 bridgehead atoms. The van der Waals surface area contributed by atoms with Crippen molar-refractivity contribution in [2.24, 2.45) is 11.8 Å². The normalized spacial score (nSPS) is 33.1. The Morgan fingerprint density at radius 1 is 1.18 bits per heavy atom. The lowest BCUT2D eigenvalue weighted by molar-refractivity contribution is -0.119. The summed E-state index contributed by atoms with van der Waals surface area (Å²) < 4.78 is 0. The number of rotatable bonds is 2. The van der Waals surface area contributed by atoms with Gasteiger partial charge in [-0.15, -0.1) is 12.4 Å². The fourth-order valence-electron chi connectivity index (χ4n) is 3.73. The van der Waals surface area contributed by atoms with E-state index in [2.05, 4.69) is 11.8 Å². The van der Waals surface area contributed by atoms with Crippen LogP contribution in [-0.4, -0.2) is 30.3 Å². The fraction of sp³-hybridized carbons (Fsp3) is 0.786. The number of carbonyl (C=O) groups is 1. The summed E-state index contributed by atoms with van der Waals surface area (Å²) in [4.78, 5) is 14.8. The molecular formula is C14H22ClNO. The van der Waals surface area contributed by atoms with Gasteiger partial charge in [-0.3, -0.25) is 4.79 Å². The van der Waals surface area contributed by atoms with Gasteiger partial charge >= 0.3 is 0 Å². The zero-order valence-corrected chi connectivity index (χ0v) is 11.4. The van der Waals surface area contributed by atoms with Gasteiger partial charge < -0.3 is 4.90 Å². The van der Waals surface area contributed by atoms with Crippen molar-refractivity contribution < 1.29 is 4.79 Å². The molecule has 1 aliphatic heterocycles. The molecule has 96 valence electrons. The van der Waals surface area contributed by atoms with Gasteiger partial charge in [-0.1, -0.05) is 12.5 Å². The first kappa shape index (κ1) is 13.1. The van der Waals surface area contributed by atoms with E-state index in [9.17, 15) is 4.79 Å². The highest BCUT2D eigenvalue weighted by molar-refractivity contribution is 6.01. The number of nitrogens with zero attached hydrogens (tertiary/aromatic N) is 1. The number of carbonyl (C=O) groups excluding carboxylic acids is 1. The highest BCUT2D eigenvalue weighted by atomic mass is 35.5. The molecule has 2 aliphatic carbocycles. The third kappa shape index (κ3) is 2.17. The topological polar surface area (TPSA) is 20.3 Å². The molecule has 1 fully saturated rings. The smallest absolute Gasteiger partial charge is 0.163 e. The summed E-state index contributed by atoms with van der Waals surface area (Å²) in [6, 6.07) is 0. The molecule has 2 unspecified atom stereocenters. The summed E-state index contributed by atoms with van der Waals surface area (Å²) >= 11 is 0. The standard InChI is InChI=1S/C14H21NO.ClH/c1-10-11-5-4-6-12(11)14(16)13(10)9-15-7-2-3-8-15;/h10,13H,2-9H2,1H3;1H. The fourth-order valence-corrected chi connectivity index (χ4v) is 3.73. The molecule has 0 N–H and O–H groups in total. The Bertz CT molecular complexity index is 344. The zero-order valence-electron chi connectivity index (χ0n) is 10.6. The first-order chi connectivity index (χ1) is 7.77. The average Bonchev–Trinajstić information content (AvgIpc) is 2.97. The zero-order chi connectivity index (χ0) is 11.1. The molecule has 3 aliphatic rings. The van der Waals surface area contributed by atoms with E-state index in [0.717, 1.165) is 13.0 Å². The lowest BCUT2D eigenvalue weighted by Gasteiger charge is -2.23. The van der Waals surface area contributed by atoms with E-state index in [1.165, 1.54) is 49.9 Å². The highest BCUT2D eigenvalue weighted by Crippen LogP contribution is 2.43. The number of ketones is 1. The minimum absolute atomic E-state index is 0. The Hall–Kier alpha value is -0.340. The Balaban J connectivity index is 0.00000108. The number of likely N-dealkylation sites (tertiary alicyclic amines) is 1. The average molecular weight is 256 g/mol. The molecule has 0 aromatic carbocycles. The second-order valence-corrected chi connectivity index (χ2v) is 5.62. The maximum atomic E-state index is 12.3. The monoisotopic (exact) mass is 255 g/mol. The molecule has 0 spiro atoms. The number of hydrogen-bond donors (Lipinski definition) is 0. The van der Waals surface area contributed by atoms with E-state index < -0.39 is 0 Å². The molecule has 17 heavy (non-hydrogen) atoms. The third-order valence-electron chi connectivity index (χ3n) is 4.70. The van der Waals surface area contributed by atoms with Crippen molar-refractivity contribution in [1.29, 1.82) is 0 Å². The summed E-state index contributed by atoms with van der Waals surface area (Å²) in [7, 11) is 0. The van der Waals surface area contributed by atoms with Gasteiger partial charge in [0.25, 0.3) is 0 Å². The van der Waals surface area contributed by atoms with Gasteiger partial charge in [0.1, 0.15) is 0 Å². The quantitative estimate of drug-likeness (QED) is 0.756. The summed E-state index contributed by atoms with van der Waals surface area (Å²) in [5.74, 6) is 1.32. The van der Waals surface area contributed by atoms with Crippen molar-refractivity contribution in [2.75, 3.05) is 19.6 Å². The van der Waals surface area contributed by atoms with Gasteiger partial charge in [0, 0.05) is 12.5 Å². The predicted octanol–water partition coefficient (Wildman–Crippen LogP) is 2.82. The van der Waals surface area contributed by atoms with Crippen LogP contribution in [-0.2, 0) is 4.79 Å². The van der Waals surface area contributed by atoms with Crippen molar-refractivity contribution in [1.82, 2.24) is 4.90 Å². The van der Waals surface area contributed by atoms with E-state index in [0.29, 0.717) is 17.6 Å². The molecule has 0 saturated carbocycles. The molecule has 2 atom stereocenters. The van der Waals surface area contributed by atoms with Crippen LogP contribution in [0, 0.1) is 11.8 Å². The van der Waals surface area contributed by atoms with E-state index in [-0.39, 0.29) is 12.4 Å². The highest BCUT2D eigenvalue weighted by Gasteiger charge is 2.41. The molecule has 0 radical (unpaired) electrons. The van der Waals surface area contributed by atoms with Crippen LogP contribution in [0.4, 0.5) is 0 Å². The minimum Gasteiger partial charge on any atom is -0.303 e. The van der Waals surface area contributed by atoms with Gasteiger partial charge in [-0.2, -0.15) is 0 Å². The number of allylic oxidation sites excluding steroid dienone is 2. The first-order valence-corrected chi connectivity index (χ1v) is 6.76. The Morgan fingerprint density at radius 3 is 2.53 bits per heavy atom. The number of hydrogen-bond acceptors (Lipinski definition) is 2. The molecule has 0 aromatic rings. The van der Waals surface area contributed by atoms with Crippen LogP contribution in [0.2, 0.25) is 0 Å². The minimum atomic E-state index is 0. The number of halogens is 1. The van der Waals surface area contributed by atoms with Crippen LogP contribution in [0.5, 0.6) is 0 Å². The van der Waals surface area contributed by atoms with E-state index in [1.807, 2.05) is 0 Å². The van der Waals surface area contributed by atoms with E-state index in [1.54, 1.807) is 0 Å². The first-order valence-electron chi connectivity index (χ1n) is 6.76. The maximum Gasteiger partial charge on any atom is 0.163 e. The molecule has 0 aromatic heterocycles. The van der Waals surface area contributed by atoms with Crippen molar-refractivity contribution in [3.05, 3.63) is 11.1 Å². The number of Topliss-reactive ketones (excluding diaryl/α,β-unsaturated/α-hetero) is 1. The summed E-state index contributed by atoms with van der Waals surface area (Å²) in [6.07, 6.45) is 6.12. The lowest BCUT2D eigenvalue weighted by Crippen LogP contribution is -2.32. The van der Waals surface area contributed by atoms with Crippen LogP contribution in [0.3, 0.4) is 0 Å². The molecular weight excluding hydrogens is 234 g/mol. The van der Waals surface area contributed by atoms with Crippen molar-refractivity contribution in [3.63, 3.8) is 0 Å². The van der Waals surface area contributed by atoms with E-state index >= 15 is 0 Å². The third-order valence-corrected chi connectivity index (χ3v) is 4.70. The molecule has 2 nitrogen and oxygen atoms in total. The lowest BCUT2D eigenvalue weighted by atomic mass is 9.89. The van der Waals surface area contributed by atoms with Gasteiger partial charge in [-0.25, -0.2) is 0 Å². The van der Waals surface area contributed by atoms with Gasteiger partial charge in [0.15, 0.2) is 5.78 Å². The van der Waals surface area contributed by atoms with Crippen molar-refractivity contribution in [3.8, 4) is 0 Å². The second kappa shape index (κ2) is 5.11. The molecule has 1 heterocycles. The molecule has 3 heteroatoms. The van der Waals surface area contributed by atoms with Crippen LogP contribution in [0.1, 0.15) is 39.0 Å². The molecule has 1 saturated heterocycles. The van der Waals surface area contributed by atoms with Crippen LogP contribution >= 0.6 is 12.4 Å². The SMILES string of the molecule is CC1C2=C(CCC2)C(=O)C1CN1CCCC1.Cl. The summed E-state index contributed by atoms with van der Waals surface area (Å²) in [6.45, 7) is 5.71. The largest absolute Gasteiger partial charge is 0.303 e. The Kier molecular flexibility index (Phi) is 3.94. The Morgan fingerprint density at radius 2 is 1.88 bits per heavy atom. The van der Waals surface area contributed by atoms with Crippen molar-refractivity contribution >= 4 is 18.2 Å². The van der Waals surface area contributed by atoms with E-state index in [4.69, 9.17) is 0 Å². The van der Waals surface area contributed by atoms with Crippen LogP contribution in [0.25, 0.3) is 0 Å². The van der Waals surface area contributed by atoms with Gasteiger partial charge in [0.05, 0.1) is 0 Å². The molecule has 3 rings (SSSR count). The van der Waals surface area contributed by atoms with Crippen LogP contribution < -0.4 is 0 Å². The van der Waals surface area contributed by atoms with Crippen LogP contribution in [0.15, 0.2) is 11.1 Å². The predicted molar refractivity (Wildman–Crippen MR) is 71.5 cm³/mol. The van der Waals surface area contributed by atoms with Gasteiger partial charge in [0.2, 0.25) is 0 Å². The summed E-state index contributed by atoms with van der Waals surface area (Å²) in [5.41, 5.74) is 2.73. The second-order valence-electron chi connectivity index (χ2n) is 5.62. The molecule has 0 amide bonds. The maximum absolute atomic E-state index is 12.3. The summed E-state index contributed by atoms with van der Waals surface area (Å²) in [5, 5.41) is 0. The van der Waals surface area contributed by atoms with Crippen molar-refractivity contribution in [2.45, 2.75) is 39.0 Å².